The van der Waals surface area contributed by atoms with Crippen LogP contribution in [0.2, 0.25) is 0 Å². The van der Waals surface area contributed by atoms with Crippen LogP contribution < -0.4 is 10.6 Å². The molecule has 5 rings (SSSR count). The van der Waals surface area contributed by atoms with Crippen molar-refractivity contribution in [2.24, 2.45) is 0 Å². The lowest BCUT2D eigenvalue weighted by atomic mass is 9.90. The second-order valence-corrected chi connectivity index (χ2v) is 8.88. The van der Waals surface area contributed by atoms with E-state index in [-0.39, 0.29) is 11.9 Å². The van der Waals surface area contributed by atoms with E-state index < -0.39 is 6.17 Å². The Labute approximate surface area is 182 Å². The Balaban J connectivity index is 1.32. The molecule has 0 saturated heterocycles. The molecule has 158 valence electrons. The molecular formula is C22H21FN6OS. The minimum atomic E-state index is -0.784. The van der Waals surface area contributed by atoms with Gasteiger partial charge in [-0.3, -0.25) is 4.79 Å². The number of carbonyl (C=O) groups is 1. The van der Waals surface area contributed by atoms with E-state index in [2.05, 4.69) is 30.8 Å². The highest BCUT2D eigenvalue weighted by Gasteiger charge is 2.30. The summed E-state index contributed by atoms with van der Waals surface area (Å²) >= 11 is 1.53. The Morgan fingerprint density at radius 3 is 2.68 bits per heavy atom. The van der Waals surface area contributed by atoms with Crippen molar-refractivity contribution >= 4 is 43.5 Å². The van der Waals surface area contributed by atoms with E-state index in [1.54, 1.807) is 18.5 Å². The molecule has 1 fully saturated rings. The molecule has 2 N–H and O–H groups in total. The van der Waals surface area contributed by atoms with Crippen molar-refractivity contribution < 1.29 is 9.18 Å². The highest BCUT2D eigenvalue weighted by molar-refractivity contribution is 7.25. The topological polar surface area (TPSA) is 92.7 Å². The molecule has 31 heavy (non-hydrogen) atoms. The fourth-order valence-electron chi connectivity index (χ4n) is 3.70. The molecule has 9 heteroatoms. The fraction of sp³-hybridized carbons (Fsp3) is 0.318. The molecule has 0 radical (unpaired) electrons. The van der Waals surface area contributed by atoms with E-state index in [0.29, 0.717) is 24.9 Å². The molecular weight excluding hydrogens is 415 g/mol. The van der Waals surface area contributed by atoms with Crippen LogP contribution in [0.3, 0.4) is 0 Å². The van der Waals surface area contributed by atoms with E-state index in [1.807, 2.05) is 26.0 Å². The standard InChI is InChI=1S/C22H21FN6OS/c1-11-12(2)28-29-22-17(11)18-19(31-22)20(26-10-25-18)24-9-13-3-5-14(6-4-13)21(30)27-16-7-15(23)8-16/h3-6,10,15-16H,7-9H2,1-2H3,(H,27,30)(H,24,25,26). The largest absolute Gasteiger partial charge is 0.365 e. The maximum atomic E-state index is 12.9. The van der Waals surface area contributed by atoms with Gasteiger partial charge in [-0.2, -0.15) is 5.10 Å². The normalized spacial score (nSPS) is 18.2. The van der Waals surface area contributed by atoms with Crippen molar-refractivity contribution in [1.82, 2.24) is 25.5 Å². The van der Waals surface area contributed by atoms with Crippen molar-refractivity contribution in [2.45, 2.75) is 45.4 Å². The van der Waals surface area contributed by atoms with Crippen LogP contribution in [0, 0.1) is 13.8 Å². The van der Waals surface area contributed by atoms with E-state index >= 15 is 0 Å². The first kappa shape index (κ1) is 19.7. The molecule has 1 aliphatic carbocycles. The van der Waals surface area contributed by atoms with Gasteiger partial charge in [-0.25, -0.2) is 14.4 Å². The van der Waals surface area contributed by atoms with Gasteiger partial charge >= 0.3 is 0 Å². The third-order valence-corrected chi connectivity index (χ3v) is 6.82. The van der Waals surface area contributed by atoms with Gasteiger partial charge in [-0.15, -0.1) is 16.4 Å². The Kier molecular flexibility index (Phi) is 4.97. The summed E-state index contributed by atoms with van der Waals surface area (Å²) in [5.41, 5.74) is 4.45. The number of anilines is 1. The molecule has 0 spiro atoms. The number of thiophene rings is 1. The summed E-state index contributed by atoms with van der Waals surface area (Å²) in [7, 11) is 0. The summed E-state index contributed by atoms with van der Waals surface area (Å²) in [6.45, 7) is 4.53. The highest BCUT2D eigenvalue weighted by Crippen LogP contribution is 2.36. The number of hydrogen-bond acceptors (Lipinski definition) is 7. The lowest BCUT2D eigenvalue weighted by Crippen LogP contribution is -2.45. The smallest absolute Gasteiger partial charge is 0.251 e. The summed E-state index contributed by atoms with van der Waals surface area (Å²) < 4.78 is 13.9. The number of nitrogens with one attached hydrogen (secondary N) is 2. The number of nitrogens with zero attached hydrogens (tertiary/aromatic N) is 4. The molecule has 0 aliphatic heterocycles. The summed E-state index contributed by atoms with van der Waals surface area (Å²) in [4.78, 5) is 22.0. The highest BCUT2D eigenvalue weighted by atomic mass is 32.1. The zero-order valence-electron chi connectivity index (χ0n) is 17.1. The van der Waals surface area contributed by atoms with Crippen LogP contribution in [0.1, 0.15) is 40.0 Å². The van der Waals surface area contributed by atoms with Gasteiger partial charge < -0.3 is 10.6 Å². The molecule has 0 atom stereocenters. The van der Waals surface area contributed by atoms with Crippen LogP contribution in [0.4, 0.5) is 10.2 Å². The number of aromatic nitrogens is 4. The first-order valence-corrected chi connectivity index (χ1v) is 11.0. The third kappa shape index (κ3) is 3.69. The molecule has 3 heterocycles. The summed E-state index contributed by atoms with van der Waals surface area (Å²) in [5, 5.41) is 15.8. The van der Waals surface area contributed by atoms with Crippen molar-refractivity contribution in [1.29, 1.82) is 0 Å². The van der Waals surface area contributed by atoms with Gasteiger partial charge in [-0.1, -0.05) is 12.1 Å². The number of amides is 1. The van der Waals surface area contributed by atoms with Gasteiger partial charge in [0.25, 0.3) is 5.91 Å². The fourth-order valence-corrected chi connectivity index (χ4v) is 4.80. The molecule has 4 aromatic rings. The van der Waals surface area contributed by atoms with Gasteiger partial charge in [0.2, 0.25) is 0 Å². The van der Waals surface area contributed by atoms with Gasteiger partial charge in [0, 0.05) is 23.5 Å². The number of fused-ring (bicyclic) bond motifs is 3. The van der Waals surface area contributed by atoms with Crippen molar-refractivity contribution in [3.63, 3.8) is 0 Å². The summed E-state index contributed by atoms with van der Waals surface area (Å²) in [5.74, 6) is 0.587. The zero-order chi connectivity index (χ0) is 21.5. The minimum Gasteiger partial charge on any atom is -0.365 e. The zero-order valence-corrected chi connectivity index (χ0v) is 18.0. The summed E-state index contributed by atoms with van der Waals surface area (Å²) in [6, 6.07) is 7.33. The van der Waals surface area contributed by atoms with Gasteiger partial charge in [0.05, 0.1) is 15.9 Å². The maximum absolute atomic E-state index is 12.9. The number of alkyl halides is 1. The molecule has 7 nitrogen and oxygen atoms in total. The first-order valence-electron chi connectivity index (χ1n) is 10.1. The number of carbonyl (C=O) groups excluding carboxylic acids is 1. The predicted molar refractivity (Wildman–Crippen MR) is 119 cm³/mol. The predicted octanol–water partition coefficient (Wildman–Crippen LogP) is 4.09. The SMILES string of the molecule is Cc1nnc2sc3c(NCc4ccc(C(=O)NC5CC(F)C5)cc4)ncnc3c2c1C. The van der Waals surface area contributed by atoms with E-state index in [4.69, 9.17) is 0 Å². The average molecular weight is 437 g/mol. The monoisotopic (exact) mass is 436 g/mol. The summed E-state index contributed by atoms with van der Waals surface area (Å²) in [6.07, 6.45) is 1.59. The number of benzene rings is 1. The number of halogens is 1. The Morgan fingerprint density at radius 2 is 1.94 bits per heavy atom. The van der Waals surface area contributed by atoms with E-state index in [9.17, 15) is 9.18 Å². The van der Waals surface area contributed by atoms with Crippen LogP contribution in [0.15, 0.2) is 30.6 Å². The lowest BCUT2D eigenvalue weighted by molar-refractivity contribution is 0.0860. The molecule has 1 aromatic carbocycles. The molecule has 1 amide bonds. The van der Waals surface area contributed by atoms with E-state index in [0.717, 1.165) is 43.1 Å². The Morgan fingerprint density at radius 1 is 1.16 bits per heavy atom. The number of rotatable bonds is 5. The van der Waals surface area contributed by atoms with Crippen LogP contribution >= 0.6 is 11.3 Å². The second kappa shape index (κ2) is 7.81. The van der Waals surface area contributed by atoms with Crippen LogP contribution in [0.5, 0.6) is 0 Å². The molecule has 3 aromatic heterocycles. The second-order valence-electron chi connectivity index (χ2n) is 7.88. The van der Waals surface area contributed by atoms with Crippen molar-refractivity contribution in [3.05, 3.63) is 53.0 Å². The molecule has 0 bridgehead atoms. The van der Waals surface area contributed by atoms with Crippen LogP contribution in [0.25, 0.3) is 20.4 Å². The first-order chi connectivity index (χ1) is 15.0. The quantitative estimate of drug-likeness (QED) is 0.489. The van der Waals surface area contributed by atoms with Crippen LogP contribution in [-0.2, 0) is 6.54 Å². The van der Waals surface area contributed by atoms with Crippen molar-refractivity contribution in [2.75, 3.05) is 5.32 Å². The van der Waals surface area contributed by atoms with Gasteiger partial charge in [-0.05, 0) is 49.9 Å². The maximum Gasteiger partial charge on any atom is 0.251 e. The molecule has 0 unspecified atom stereocenters. The number of hydrogen-bond donors (Lipinski definition) is 2. The third-order valence-electron chi connectivity index (χ3n) is 5.75. The number of aryl methyl sites for hydroxylation is 2. The Hall–Kier alpha value is -3.20. The lowest BCUT2D eigenvalue weighted by Gasteiger charge is -2.30. The van der Waals surface area contributed by atoms with E-state index in [1.165, 1.54) is 11.3 Å². The average Bonchev–Trinajstić information content (AvgIpc) is 3.14. The van der Waals surface area contributed by atoms with Crippen molar-refractivity contribution in [3.8, 4) is 0 Å². The van der Waals surface area contributed by atoms with Gasteiger partial charge in [0.15, 0.2) is 0 Å². The van der Waals surface area contributed by atoms with Crippen LogP contribution in [-0.4, -0.2) is 38.3 Å². The molecule has 1 aliphatic rings. The minimum absolute atomic E-state index is 0.0533. The Bertz CT molecular complexity index is 1280. The molecule has 1 saturated carbocycles. The van der Waals surface area contributed by atoms with Gasteiger partial charge in [0.1, 0.15) is 23.1 Å².